The lowest BCUT2D eigenvalue weighted by Crippen LogP contribution is -2.20. The van der Waals surface area contributed by atoms with Gasteiger partial charge in [-0.2, -0.15) is 0 Å². The fraction of sp³-hybridized carbons (Fsp3) is 0.200. The molecule has 1 atom stereocenters. The van der Waals surface area contributed by atoms with Crippen LogP contribution in [0.1, 0.15) is 17.2 Å². The lowest BCUT2D eigenvalue weighted by molar-refractivity contribution is 0.530. The highest BCUT2D eigenvalue weighted by atomic mass is 79.9. The van der Waals surface area contributed by atoms with Gasteiger partial charge in [0.1, 0.15) is 11.6 Å². The van der Waals surface area contributed by atoms with Crippen molar-refractivity contribution in [1.82, 2.24) is 5.32 Å². The van der Waals surface area contributed by atoms with E-state index in [0.29, 0.717) is 16.5 Å². The third kappa shape index (κ3) is 3.37. The minimum Gasteiger partial charge on any atom is -0.313 e. The molecular formula is C15H13BrClF2N. The van der Waals surface area contributed by atoms with Gasteiger partial charge in [-0.25, -0.2) is 8.78 Å². The van der Waals surface area contributed by atoms with Gasteiger partial charge in [0.05, 0.1) is 9.50 Å². The zero-order valence-electron chi connectivity index (χ0n) is 10.8. The molecular weight excluding hydrogens is 348 g/mol. The molecule has 2 aromatic rings. The highest BCUT2D eigenvalue weighted by Crippen LogP contribution is 2.27. The number of likely N-dealkylation sites (N-methyl/N-ethyl adjacent to an activating group) is 1. The Balaban J connectivity index is 2.28. The molecule has 0 aromatic heterocycles. The molecule has 1 nitrogen and oxygen atoms in total. The molecule has 0 aliphatic carbocycles. The first-order valence-corrected chi connectivity index (χ1v) is 7.25. The average molecular weight is 361 g/mol. The normalized spacial score (nSPS) is 12.4. The van der Waals surface area contributed by atoms with E-state index < -0.39 is 5.82 Å². The first-order valence-electron chi connectivity index (χ1n) is 6.08. The monoisotopic (exact) mass is 359 g/mol. The standard InChI is InChI=1S/C15H13BrClF2N/c1-20-14(10-3-2-4-11(16)15(10)19)8-9-5-6-13(18)12(17)7-9/h2-7,14,20H,8H2,1H3. The van der Waals surface area contributed by atoms with E-state index in [4.69, 9.17) is 11.6 Å². The molecule has 2 rings (SSSR count). The number of rotatable bonds is 4. The number of halogens is 4. The van der Waals surface area contributed by atoms with Gasteiger partial charge in [0.15, 0.2) is 0 Å². The lowest BCUT2D eigenvalue weighted by atomic mass is 9.98. The van der Waals surface area contributed by atoms with Crippen LogP contribution in [0.4, 0.5) is 8.78 Å². The average Bonchev–Trinajstić information content (AvgIpc) is 2.43. The molecule has 0 fully saturated rings. The van der Waals surface area contributed by atoms with Gasteiger partial charge in [-0.15, -0.1) is 0 Å². The number of nitrogens with one attached hydrogen (secondary N) is 1. The number of hydrogen-bond acceptors (Lipinski definition) is 1. The molecule has 1 N–H and O–H groups in total. The summed E-state index contributed by atoms with van der Waals surface area (Å²) in [5.74, 6) is -0.745. The molecule has 106 valence electrons. The minimum absolute atomic E-state index is 0.0760. The summed E-state index contributed by atoms with van der Waals surface area (Å²) < 4.78 is 27.7. The maximum absolute atomic E-state index is 14.1. The maximum Gasteiger partial charge on any atom is 0.142 e. The van der Waals surface area contributed by atoms with Gasteiger partial charge in [0.2, 0.25) is 0 Å². The minimum atomic E-state index is -0.454. The Morgan fingerprint density at radius 2 is 2.00 bits per heavy atom. The molecule has 5 heteroatoms. The number of hydrogen-bond donors (Lipinski definition) is 1. The van der Waals surface area contributed by atoms with Crippen LogP contribution in [0.2, 0.25) is 5.02 Å². The van der Waals surface area contributed by atoms with Crippen LogP contribution in [0, 0.1) is 11.6 Å². The Morgan fingerprint density at radius 3 is 2.65 bits per heavy atom. The summed E-state index contributed by atoms with van der Waals surface area (Å²) in [7, 11) is 1.76. The molecule has 2 aromatic carbocycles. The molecule has 0 saturated heterocycles. The largest absolute Gasteiger partial charge is 0.313 e. The van der Waals surface area contributed by atoms with Gasteiger partial charge in [-0.3, -0.25) is 0 Å². The second-order valence-electron chi connectivity index (χ2n) is 4.44. The predicted octanol–water partition coefficient (Wildman–Crippen LogP) is 4.88. The van der Waals surface area contributed by atoms with Crippen LogP contribution in [0.5, 0.6) is 0 Å². The maximum atomic E-state index is 14.1. The van der Waals surface area contributed by atoms with Crippen molar-refractivity contribution in [3.05, 3.63) is 68.7 Å². The zero-order valence-corrected chi connectivity index (χ0v) is 13.1. The van der Waals surface area contributed by atoms with Crippen molar-refractivity contribution in [2.45, 2.75) is 12.5 Å². The van der Waals surface area contributed by atoms with Crippen molar-refractivity contribution >= 4 is 27.5 Å². The topological polar surface area (TPSA) is 12.0 Å². The van der Waals surface area contributed by atoms with Crippen molar-refractivity contribution in [1.29, 1.82) is 0 Å². The SMILES string of the molecule is CNC(Cc1ccc(F)c(Cl)c1)c1cccc(Br)c1F. The molecule has 0 bridgehead atoms. The van der Waals surface area contributed by atoms with Crippen LogP contribution >= 0.6 is 27.5 Å². The molecule has 0 aliphatic heterocycles. The molecule has 20 heavy (non-hydrogen) atoms. The summed E-state index contributed by atoms with van der Waals surface area (Å²) in [6.45, 7) is 0. The first kappa shape index (κ1) is 15.4. The van der Waals surface area contributed by atoms with E-state index in [1.807, 2.05) is 0 Å². The molecule has 0 radical (unpaired) electrons. The van der Waals surface area contributed by atoms with Crippen LogP contribution in [0.25, 0.3) is 0 Å². The Bertz CT molecular complexity index is 619. The van der Waals surface area contributed by atoms with E-state index in [1.54, 1.807) is 37.4 Å². The van der Waals surface area contributed by atoms with Crippen LogP contribution in [0.15, 0.2) is 40.9 Å². The molecule has 1 unspecified atom stereocenters. The van der Waals surface area contributed by atoms with Gasteiger partial charge >= 0.3 is 0 Å². The van der Waals surface area contributed by atoms with E-state index in [-0.39, 0.29) is 16.9 Å². The van der Waals surface area contributed by atoms with Gasteiger partial charge in [-0.1, -0.05) is 29.8 Å². The Hall–Kier alpha value is -0.970. The summed E-state index contributed by atoms with van der Waals surface area (Å²) >= 11 is 8.94. The summed E-state index contributed by atoms with van der Waals surface area (Å²) in [5.41, 5.74) is 1.40. The van der Waals surface area contributed by atoms with Gasteiger partial charge in [0, 0.05) is 11.6 Å². The second kappa shape index (κ2) is 6.66. The van der Waals surface area contributed by atoms with Crippen LogP contribution in [-0.4, -0.2) is 7.05 Å². The van der Waals surface area contributed by atoms with E-state index >= 15 is 0 Å². The molecule has 0 amide bonds. The highest BCUT2D eigenvalue weighted by molar-refractivity contribution is 9.10. The van der Waals surface area contributed by atoms with Crippen LogP contribution in [-0.2, 0) is 6.42 Å². The van der Waals surface area contributed by atoms with Crippen molar-refractivity contribution in [3.8, 4) is 0 Å². The van der Waals surface area contributed by atoms with Crippen LogP contribution < -0.4 is 5.32 Å². The summed E-state index contributed by atoms with van der Waals surface area (Å²) in [5, 5.41) is 3.15. The Morgan fingerprint density at radius 1 is 1.25 bits per heavy atom. The summed E-state index contributed by atoms with van der Waals surface area (Å²) in [6.07, 6.45) is 0.518. The third-order valence-electron chi connectivity index (χ3n) is 3.13. The van der Waals surface area contributed by atoms with Crippen LogP contribution in [0.3, 0.4) is 0 Å². The summed E-state index contributed by atoms with van der Waals surface area (Å²) in [4.78, 5) is 0. The smallest absolute Gasteiger partial charge is 0.142 e. The first-order chi connectivity index (χ1) is 9.52. The van der Waals surface area contributed by atoms with Crippen molar-refractivity contribution in [2.24, 2.45) is 0 Å². The fourth-order valence-corrected chi connectivity index (χ4v) is 2.64. The fourth-order valence-electron chi connectivity index (χ4n) is 2.06. The molecule has 0 heterocycles. The third-order valence-corrected chi connectivity index (χ3v) is 4.03. The molecule has 0 spiro atoms. The van der Waals surface area contributed by atoms with Crippen molar-refractivity contribution < 1.29 is 8.78 Å². The Kier molecular flexibility index (Phi) is 5.13. The van der Waals surface area contributed by atoms with E-state index in [2.05, 4.69) is 21.2 Å². The van der Waals surface area contributed by atoms with Crippen molar-refractivity contribution in [3.63, 3.8) is 0 Å². The predicted molar refractivity (Wildman–Crippen MR) is 81.0 cm³/mol. The second-order valence-corrected chi connectivity index (χ2v) is 5.70. The van der Waals surface area contributed by atoms with E-state index in [1.165, 1.54) is 6.07 Å². The highest BCUT2D eigenvalue weighted by Gasteiger charge is 2.16. The quantitative estimate of drug-likeness (QED) is 0.819. The van der Waals surface area contributed by atoms with E-state index in [9.17, 15) is 8.78 Å². The summed E-state index contributed by atoms with van der Waals surface area (Å²) in [6, 6.07) is 9.49. The lowest BCUT2D eigenvalue weighted by Gasteiger charge is -2.18. The van der Waals surface area contributed by atoms with Gasteiger partial charge in [-0.05, 0) is 53.2 Å². The molecule has 0 aliphatic rings. The number of benzene rings is 2. The zero-order chi connectivity index (χ0) is 14.7. The van der Waals surface area contributed by atoms with Gasteiger partial charge in [0.25, 0.3) is 0 Å². The van der Waals surface area contributed by atoms with Gasteiger partial charge < -0.3 is 5.32 Å². The van der Waals surface area contributed by atoms with Crippen molar-refractivity contribution in [2.75, 3.05) is 7.05 Å². The Labute approximate surface area is 130 Å². The molecule has 0 saturated carbocycles. The van der Waals surface area contributed by atoms with E-state index in [0.717, 1.165) is 5.56 Å².